The summed E-state index contributed by atoms with van der Waals surface area (Å²) in [5, 5.41) is 2.69. The highest BCUT2D eigenvalue weighted by atomic mass is 32.2. The number of hydrogen-bond acceptors (Lipinski definition) is 2. The molecule has 32 heavy (non-hydrogen) atoms. The van der Waals surface area contributed by atoms with Gasteiger partial charge in [-0.1, -0.05) is 118 Å². The summed E-state index contributed by atoms with van der Waals surface area (Å²) in [5.41, 5.74) is 1.38. The van der Waals surface area contributed by atoms with Gasteiger partial charge in [0.25, 0.3) is 8.32 Å². The summed E-state index contributed by atoms with van der Waals surface area (Å²) in [5.74, 6) is 2.55. The van der Waals surface area contributed by atoms with Crippen LogP contribution in [0.2, 0.25) is 5.04 Å². The SMILES string of the molecule is C=CCC(CO[Si](c1ccccc1)(c1ccccc1)C(C)(C)C)CSCc1ccccc1. The Kier molecular flexibility index (Phi) is 8.98. The molecule has 3 aromatic carbocycles. The zero-order chi connectivity index (χ0) is 22.9. The molecule has 0 saturated heterocycles. The molecule has 0 fully saturated rings. The van der Waals surface area contributed by atoms with Crippen molar-refractivity contribution >= 4 is 30.5 Å². The lowest BCUT2D eigenvalue weighted by Gasteiger charge is -2.43. The fraction of sp³-hybridized carbons (Fsp3) is 0.310. The van der Waals surface area contributed by atoms with E-state index in [0.717, 1.165) is 24.5 Å². The Morgan fingerprint density at radius 3 is 1.81 bits per heavy atom. The monoisotopic (exact) mass is 460 g/mol. The molecule has 1 atom stereocenters. The maximum atomic E-state index is 7.16. The Labute approximate surface area is 200 Å². The third-order valence-electron chi connectivity index (χ3n) is 5.92. The third kappa shape index (κ3) is 6.03. The summed E-state index contributed by atoms with van der Waals surface area (Å²) in [4.78, 5) is 0. The molecule has 0 saturated carbocycles. The van der Waals surface area contributed by atoms with Crippen molar-refractivity contribution < 1.29 is 4.43 Å². The highest BCUT2D eigenvalue weighted by molar-refractivity contribution is 7.98. The molecule has 3 rings (SSSR count). The lowest BCUT2D eigenvalue weighted by Crippen LogP contribution is -2.67. The first-order valence-electron chi connectivity index (χ1n) is 11.4. The quantitative estimate of drug-likeness (QED) is 0.233. The summed E-state index contributed by atoms with van der Waals surface area (Å²) in [6.45, 7) is 11.8. The van der Waals surface area contributed by atoms with E-state index >= 15 is 0 Å². The molecule has 1 nitrogen and oxygen atoms in total. The maximum absolute atomic E-state index is 7.16. The first kappa shape index (κ1) is 24.6. The number of benzene rings is 3. The highest BCUT2D eigenvalue weighted by Gasteiger charge is 2.50. The van der Waals surface area contributed by atoms with Crippen LogP contribution in [0, 0.1) is 5.92 Å². The van der Waals surface area contributed by atoms with E-state index in [-0.39, 0.29) is 5.04 Å². The van der Waals surface area contributed by atoms with E-state index in [0.29, 0.717) is 5.92 Å². The predicted molar refractivity (Wildman–Crippen MR) is 144 cm³/mol. The van der Waals surface area contributed by atoms with Crippen LogP contribution in [0.15, 0.2) is 104 Å². The molecule has 168 valence electrons. The van der Waals surface area contributed by atoms with Gasteiger partial charge in [0.1, 0.15) is 0 Å². The second-order valence-electron chi connectivity index (χ2n) is 9.37. The fourth-order valence-electron chi connectivity index (χ4n) is 4.34. The molecule has 3 heteroatoms. The van der Waals surface area contributed by atoms with Gasteiger partial charge in [-0.2, -0.15) is 11.8 Å². The molecule has 0 amide bonds. The Morgan fingerprint density at radius 1 is 0.844 bits per heavy atom. The Balaban J connectivity index is 1.84. The van der Waals surface area contributed by atoms with Crippen LogP contribution in [0.25, 0.3) is 0 Å². The second-order valence-corrected chi connectivity index (χ2v) is 14.7. The van der Waals surface area contributed by atoms with Crippen molar-refractivity contribution in [3.05, 3.63) is 109 Å². The first-order valence-corrected chi connectivity index (χ1v) is 14.5. The van der Waals surface area contributed by atoms with E-state index in [1.807, 2.05) is 17.8 Å². The molecule has 3 aromatic rings. The van der Waals surface area contributed by atoms with E-state index in [2.05, 4.69) is 118 Å². The van der Waals surface area contributed by atoms with Gasteiger partial charge in [-0.3, -0.25) is 0 Å². The Morgan fingerprint density at radius 2 is 1.34 bits per heavy atom. The average Bonchev–Trinajstić information content (AvgIpc) is 2.80. The summed E-state index contributed by atoms with van der Waals surface area (Å²) in [7, 11) is -2.49. The number of thioether (sulfide) groups is 1. The van der Waals surface area contributed by atoms with Gasteiger partial charge >= 0.3 is 0 Å². The van der Waals surface area contributed by atoms with Crippen molar-refractivity contribution in [3.8, 4) is 0 Å². The van der Waals surface area contributed by atoms with Crippen LogP contribution in [-0.4, -0.2) is 20.7 Å². The van der Waals surface area contributed by atoms with Gasteiger partial charge in [-0.25, -0.2) is 0 Å². The number of rotatable bonds is 11. The standard InChI is InChI=1S/C29H36OSSi/c1-5-15-26(24-31-23-25-16-9-6-10-17-25)22-30-32(29(2,3)4,27-18-11-7-12-19-27)28-20-13-8-14-21-28/h5-14,16-21,26H,1,15,22-24H2,2-4H3. The lowest BCUT2D eigenvalue weighted by molar-refractivity contribution is 0.248. The van der Waals surface area contributed by atoms with Gasteiger partial charge in [0.2, 0.25) is 0 Å². The zero-order valence-electron chi connectivity index (χ0n) is 19.7. The number of allylic oxidation sites excluding steroid dienone is 1. The summed E-state index contributed by atoms with van der Waals surface area (Å²) in [6.07, 6.45) is 3.02. The molecule has 0 aliphatic heterocycles. The Bertz CT molecular complexity index is 896. The van der Waals surface area contributed by atoms with Gasteiger partial charge in [0.05, 0.1) is 0 Å². The van der Waals surface area contributed by atoms with Crippen LogP contribution in [0.1, 0.15) is 32.8 Å². The number of hydrogen-bond donors (Lipinski definition) is 0. The minimum Gasteiger partial charge on any atom is -0.407 e. The summed E-state index contributed by atoms with van der Waals surface area (Å²) in [6, 6.07) is 32.5. The third-order valence-corrected chi connectivity index (χ3v) is 12.2. The van der Waals surface area contributed by atoms with E-state index < -0.39 is 8.32 Å². The van der Waals surface area contributed by atoms with Gasteiger partial charge < -0.3 is 4.43 Å². The molecular formula is C29H36OSSi. The van der Waals surface area contributed by atoms with Crippen LogP contribution in [0.4, 0.5) is 0 Å². The molecule has 0 radical (unpaired) electrons. The molecule has 1 unspecified atom stereocenters. The van der Waals surface area contributed by atoms with Crippen molar-refractivity contribution in [1.29, 1.82) is 0 Å². The molecule has 0 aliphatic rings. The van der Waals surface area contributed by atoms with Crippen LogP contribution in [-0.2, 0) is 10.2 Å². The largest absolute Gasteiger partial charge is 0.407 e. The molecule has 0 bridgehead atoms. The molecular weight excluding hydrogens is 424 g/mol. The Hall–Kier alpha value is -2.07. The van der Waals surface area contributed by atoms with Gasteiger partial charge in [0.15, 0.2) is 0 Å². The normalized spacial score (nSPS) is 13.0. The smallest absolute Gasteiger partial charge is 0.261 e. The van der Waals surface area contributed by atoms with E-state index in [1.165, 1.54) is 15.9 Å². The average molecular weight is 461 g/mol. The topological polar surface area (TPSA) is 9.23 Å². The molecule has 0 N–H and O–H groups in total. The van der Waals surface area contributed by atoms with Crippen molar-refractivity contribution in [2.45, 2.75) is 38.0 Å². The van der Waals surface area contributed by atoms with Crippen LogP contribution in [0.5, 0.6) is 0 Å². The van der Waals surface area contributed by atoms with Crippen molar-refractivity contribution in [2.24, 2.45) is 5.92 Å². The van der Waals surface area contributed by atoms with Crippen LogP contribution >= 0.6 is 11.8 Å². The van der Waals surface area contributed by atoms with Crippen LogP contribution < -0.4 is 10.4 Å². The van der Waals surface area contributed by atoms with E-state index in [1.54, 1.807) is 0 Å². The molecule has 0 heterocycles. The van der Waals surface area contributed by atoms with Gasteiger partial charge in [-0.15, -0.1) is 6.58 Å². The summed E-state index contributed by atoms with van der Waals surface area (Å²) < 4.78 is 7.16. The fourth-order valence-corrected chi connectivity index (χ4v) is 10.1. The lowest BCUT2D eigenvalue weighted by atomic mass is 10.1. The van der Waals surface area contributed by atoms with E-state index in [4.69, 9.17) is 4.43 Å². The van der Waals surface area contributed by atoms with E-state index in [9.17, 15) is 0 Å². The highest BCUT2D eigenvalue weighted by Crippen LogP contribution is 2.37. The van der Waals surface area contributed by atoms with Gasteiger partial charge in [-0.05, 0) is 39.1 Å². The minimum absolute atomic E-state index is 0.00557. The maximum Gasteiger partial charge on any atom is 0.261 e. The van der Waals surface area contributed by atoms with Crippen molar-refractivity contribution in [2.75, 3.05) is 12.4 Å². The van der Waals surface area contributed by atoms with Crippen LogP contribution in [0.3, 0.4) is 0 Å². The second kappa shape index (κ2) is 11.7. The zero-order valence-corrected chi connectivity index (χ0v) is 21.5. The predicted octanol–water partition coefficient (Wildman–Crippen LogP) is 6.69. The van der Waals surface area contributed by atoms with Crippen molar-refractivity contribution in [1.82, 2.24) is 0 Å². The summed E-state index contributed by atoms with van der Waals surface area (Å²) >= 11 is 1.99. The first-order chi connectivity index (χ1) is 15.5. The van der Waals surface area contributed by atoms with Gasteiger partial charge in [0, 0.05) is 12.4 Å². The molecule has 0 aromatic heterocycles. The van der Waals surface area contributed by atoms with Crippen molar-refractivity contribution in [3.63, 3.8) is 0 Å². The minimum atomic E-state index is -2.49. The molecule has 0 aliphatic carbocycles. The molecule has 0 spiro atoms.